The summed E-state index contributed by atoms with van der Waals surface area (Å²) in [4.78, 5) is 40.6. The van der Waals surface area contributed by atoms with Crippen molar-refractivity contribution in [3.05, 3.63) is 59.2 Å². The van der Waals surface area contributed by atoms with E-state index in [0.717, 1.165) is 29.1 Å². The molecule has 0 unspecified atom stereocenters. The molecule has 2 aromatic rings. The van der Waals surface area contributed by atoms with Crippen LogP contribution in [0.3, 0.4) is 0 Å². The van der Waals surface area contributed by atoms with Gasteiger partial charge in [-0.1, -0.05) is 26.0 Å². The van der Waals surface area contributed by atoms with Crippen molar-refractivity contribution in [3.63, 3.8) is 0 Å². The minimum atomic E-state index is -0.604. The largest absolute Gasteiger partial charge is 0.444 e. The molecule has 10 nitrogen and oxygen atoms in total. The molecular formula is C35H50FN5O5. The van der Waals surface area contributed by atoms with Crippen molar-refractivity contribution in [2.24, 2.45) is 0 Å². The molecule has 2 saturated heterocycles. The first kappa shape index (κ1) is 34.2. The van der Waals surface area contributed by atoms with Crippen molar-refractivity contribution in [3.8, 4) is 0 Å². The summed E-state index contributed by atoms with van der Waals surface area (Å²) in [6.45, 7) is 16.9. The lowest BCUT2D eigenvalue weighted by Gasteiger charge is -2.48. The summed E-state index contributed by atoms with van der Waals surface area (Å²) < 4.78 is 30.5. The highest BCUT2D eigenvalue weighted by Crippen LogP contribution is 2.40. The molecule has 0 radical (unpaired) electrons. The molecule has 3 atom stereocenters. The van der Waals surface area contributed by atoms with Crippen molar-refractivity contribution < 1.29 is 28.2 Å². The van der Waals surface area contributed by atoms with E-state index in [1.165, 1.54) is 12.1 Å². The van der Waals surface area contributed by atoms with Crippen LogP contribution in [-0.4, -0.2) is 122 Å². The summed E-state index contributed by atoms with van der Waals surface area (Å²) in [7, 11) is 1.69. The lowest BCUT2D eigenvalue weighted by atomic mass is 9.88. The van der Waals surface area contributed by atoms with Crippen LogP contribution in [0.5, 0.6) is 0 Å². The van der Waals surface area contributed by atoms with Crippen molar-refractivity contribution in [2.45, 2.75) is 77.1 Å². The van der Waals surface area contributed by atoms with E-state index in [1.807, 2.05) is 49.8 Å². The van der Waals surface area contributed by atoms with Gasteiger partial charge in [0.1, 0.15) is 11.4 Å². The minimum Gasteiger partial charge on any atom is -0.444 e. The molecule has 3 aliphatic heterocycles. The number of piperazine rings is 1. The summed E-state index contributed by atoms with van der Waals surface area (Å²) in [6, 6.07) is 8.32. The van der Waals surface area contributed by atoms with Gasteiger partial charge in [0.15, 0.2) is 0 Å². The number of methoxy groups -OCH3 is 1. The average Bonchev–Trinajstić information content (AvgIpc) is 3.25. The van der Waals surface area contributed by atoms with Gasteiger partial charge in [-0.3, -0.25) is 19.6 Å². The number of morpholine rings is 1. The van der Waals surface area contributed by atoms with Crippen LogP contribution in [0.15, 0.2) is 36.5 Å². The zero-order valence-electron chi connectivity index (χ0n) is 28.4. The zero-order valence-corrected chi connectivity index (χ0v) is 28.4. The lowest BCUT2D eigenvalue weighted by molar-refractivity contribution is -0.122. The SMILES string of the molecule is COC[C@@H]1COCCN1C[C@H]1CN(C(=O)OC(C)(C)C)[C@H](C)CN1CC(=O)N1CC(C)(C)c2cnc(Cc3ccc(F)cc3)cc21. The zero-order chi connectivity index (χ0) is 33.2. The Balaban J connectivity index is 1.37. The second kappa shape index (κ2) is 13.9. The van der Waals surface area contributed by atoms with Crippen LogP contribution in [0.1, 0.15) is 58.4 Å². The molecule has 0 saturated carbocycles. The molecule has 0 aliphatic carbocycles. The molecule has 0 bridgehead atoms. The topological polar surface area (TPSA) is 87.7 Å². The van der Waals surface area contributed by atoms with E-state index in [0.29, 0.717) is 52.4 Å². The molecule has 4 heterocycles. The predicted molar refractivity (Wildman–Crippen MR) is 175 cm³/mol. The Morgan fingerprint density at radius 3 is 2.54 bits per heavy atom. The fourth-order valence-corrected chi connectivity index (χ4v) is 6.78. The number of benzene rings is 1. The maximum atomic E-state index is 14.2. The molecule has 11 heteroatoms. The summed E-state index contributed by atoms with van der Waals surface area (Å²) in [6.07, 6.45) is 2.10. The van der Waals surface area contributed by atoms with Crippen LogP contribution in [0.25, 0.3) is 0 Å². The Hall–Kier alpha value is -3.12. The van der Waals surface area contributed by atoms with Crippen molar-refractivity contribution in [1.82, 2.24) is 19.7 Å². The Kier molecular flexibility index (Phi) is 10.4. The van der Waals surface area contributed by atoms with Gasteiger partial charge in [0, 0.05) is 81.2 Å². The third-order valence-corrected chi connectivity index (χ3v) is 9.19. The fourth-order valence-electron chi connectivity index (χ4n) is 6.78. The van der Waals surface area contributed by atoms with Crippen molar-refractivity contribution >= 4 is 17.7 Å². The van der Waals surface area contributed by atoms with Gasteiger partial charge in [0.2, 0.25) is 5.91 Å². The molecule has 2 fully saturated rings. The highest BCUT2D eigenvalue weighted by Gasteiger charge is 2.42. The number of amides is 2. The average molecular weight is 640 g/mol. The van der Waals surface area contributed by atoms with Gasteiger partial charge in [-0.15, -0.1) is 0 Å². The summed E-state index contributed by atoms with van der Waals surface area (Å²) >= 11 is 0. The molecule has 0 N–H and O–H groups in total. The van der Waals surface area contributed by atoms with Crippen molar-refractivity contribution in [2.75, 3.05) is 71.1 Å². The quantitative estimate of drug-likeness (QED) is 0.427. The number of hydrogen-bond donors (Lipinski definition) is 0. The van der Waals surface area contributed by atoms with Gasteiger partial charge in [-0.2, -0.15) is 0 Å². The van der Waals surface area contributed by atoms with Gasteiger partial charge in [-0.05, 0) is 51.5 Å². The van der Waals surface area contributed by atoms with E-state index >= 15 is 0 Å². The standard InChI is InChI=1S/C35H50FN5O5/c1-24-17-39(28(19-40(24)33(43)46-34(2,3)4)18-38-12-13-45-22-29(38)21-44-7)20-32(42)41-23-35(5,6)30-16-37-27(15-31(30)41)14-25-8-10-26(36)11-9-25/h8-11,15-16,24,28-29H,12-14,17-23H2,1-7H3/t24-,28+,29-/m1/s1. The summed E-state index contributed by atoms with van der Waals surface area (Å²) in [5, 5.41) is 0. The number of ether oxygens (including phenoxy) is 3. The first-order valence-electron chi connectivity index (χ1n) is 16.3. The number of halogens is 1. The van der Waals surface area contributed by atoms with Crippen LogP contribution in [0, 0.1) is 5.82 Å². The second-order valence-electron chi connectivity index (χ2n) is 14.6. The van der Waals surface area contributed by atoms with Crippen LogP contribution < -0.4 is 4.90 Å². The first-order valence-corrected chi connectivity index (χ1v) is 16.3. The van der Waals surface area contributed by atoms with E-state index in [9.17, 15) is 14.0 Å². The highest BCUT2D eigenvalue weighted by molar-refractivity contribution is 5.97. The van der Waals surface area contributed by atoms with Gasteiger partial charge in [-0.25, -0.2) is 9.18 Å². The Labute approximate surface area is 272 Å². The Bertz CT molecular complexity index is 1380. The molecule has 5 rings (SSSR count). The molecule has 1 aromatic carbocycles. The maximum absolute atomic E-state index is 14.2. The highest BCUT2D eigenvalue weighted by atomic mass is 19.1. The van der Waals surface area contributed by atoms with Crippen LogP contribution in [-0.2, 0) is 30.8 Å². The van der Waals surface area contributed by atoms with E-state index in [2.05, 4.69) is 23.6 Å². The van der Waals surface area contributed by atoms with Gasteiger partial charge < -0.3 is 24.0 Å². The van der Waals surface area contributed by atoms with Crippen LogP contribution >= 0.6 is 0 Å². The smallest absolute Gasteiger partial charge is 0.410 e. The monoisotopic (exact) mass is 639 g/mol. The van der Waals surface area contributed by atoms with E-state index in [4.69, 9.17) is 19.2 Å². The summed E-state index contributed by atoms with van der Waals surface area (Å²) in [5.41, 5.74) is 2.85. The van der Waals surface area contributed by atoms with E-state index in [1.54, 1.807) is 19.2 Å². The maximum Gasteiger partial charge on any atom is 0.410 e. The Morgan fingerprint density at radius 2 is 1.85 bits per heavy atom. The normalized spacial score (nSPS) is 23.8. The minimum absolute atomic E-state index is 0.0177. The van der Waals surface area contributed by atoms with Crippen LogP contribution in [0.4, 0.5) is 14.9 Å². The third-order valence-electron chi connectivity index (χ3n) is 9.19. The number of nitrogens with zero attached hydrogens (tertiary/aromatic N) is 5. The van der Waals surface area contributed by atoms with E-state index in [-0.39, 0.29) is 47.9 Å². The number of pyridine rings is 1. The second-order valence-corrected chi connectivity index (χ2v) is 14.6. The third kappa shape index (κ3) is 8.05. The predicted octanol–water partition coefficient (Wildman–Crippen LogP) is 4.09. The Morgan fingerprint density at radius 1 is 1.11 bits per heavy atom. The first-order chi connectivity index (χ1) is 21.7. The fraction of sp³-hybridized carbons (Fsp3) is 0.629. The van der Waals surface area contributed by atoms with Gasteiger partial charge >= 0.3 is 6.09 Å². The molecule has 2 amide bonds. The molecule has 0 spiro atoms. The molecule has 252 valence electrons. The number of fused-ring (bicyclic) bond motifs is 1. The van der Waals surface area contributed by atoms with Gasteiger partial charge in [0.25, 0.3) is 0 Å². The molecular weight excluding hydrogens is 589 g/mol. The number of anilines is 1. The van der Waals surface area contributed by atoms with Crippen LogP contribution in [0.2, 0.25) is 0 Å². The number of carbonyl (C=O) groups excluding carboxylic acids is 2. The lowest BCUT2D eigenvalue weighted by Crippen LogP contribution is -2.64. The summed E-state index contributed by atoms with van der Waals surface area (Å²) in [5.74, 6) is -0.254. The van der Waals surface area contributed by atoms with Crippen molar-refractivity contribution in [1.29, 1.82) is 0 Å². The number of rotatable bonds is 8. The number of aromatic nitrogens is 1. The number of carbonyl (C=O) groups is 2. The molecule has 3 aliphatic rings. The molecule has 46 heavy (non-hydrogen) atoms. The molecule has 1 aromatic heterocycles. The van der Waals surface area contributed by atoms with Gasteiger partial charge in [0.05, 0.1) is 38.1 Å². The number of hydrogen-bond acceptors (Lipinski definition) is 8. The van der Waals surface area contributed by atoms with E-state index < -0.39 is 5.60 Å².